The van der Waals surface area contributed by atoms with Crippen LogP contribution in [0, 0.1) is 21.4 Å². The van der Waals surface area contributed by atoms with Gasteiger partial charge in [-0.15, -0.1) is 0 Å². The number of hydrogen-bond acceptors (Lipinski definition) is 7. The molecule has 2 fully saturated rings. The van der Waals surface area contributed by atoms with Crippen LogP contribution in [0.25, 0.3) is 0 Å². The minimum absolute atomic E-state index is 0.135. The number of sulfonamides is 1. The number of rotatable bonds is 5. The highest BCUT2D eigenvalue weighted by Gasteiger charge is 2.32. The van der Waals surface area contributed by atoms with Gasteiger partial charge in [-0.1, -0.05) is 20.8 Å². The SMILES string of the molecule is C[C@@H]1C/C(=N/Nc2ccc([N+](=O)[O-])cc2S(=O)(=O)N2CCOCC2)CC(C)(C)C1. The Morgan fingerprint density at radius 2 is 2.00 bits per heavy atom. The third kappa shape index (κ3) is 5.12. The normalized spacial score (nSPS) is 24.4. The highest BCUT2D eigenvalue weighted by atomic mass is 32.2. The number of nitro benzene ring substituents is 1. The third-order valence-corrected chi connectivity index (χ3v) is 7.20. The number of hydrazone groups is 1. The fourth-order valence-electron chi connectivity index (χ4n) is 4.20. The highest BCUT2D eigenvalue weighted by Crippen LogP contribution is 2.37. The van der Waals surface area contributed by atoms with Gasteiger partial charge in [-0.25, -0.2) is 8.42 Å². The maximum absolute atomic E-state index is 13.1. The second-order valence-corrected chi connectivity index (χ2v) is 10.5. The van der Waals surface area contributed by atoms with E-state index in [1.165, 1.54) is 16.4 Å². The van der Waals surface area contributed by atoms with Gasteiger partial charge in [-0.2, -0.15) is 9.41 Å². The molecule has 1 saturated heterocycles. The Kier molecular flexibility index (Phi) is 6.25. The van der Waals surface area contributed by atoms with E-state index in [2.05, 4.69) is 31.3 Å². The molecule has 29 heavy (non-hydrogen) atoms. The first-order valence-electron chi connectivity index (χ1n) is 9.76. The predicted molar refractivity (Wildman–Crippen MR) is 111 cm³/mol. The average molecular weight is 425 g/mol. The first-order valence-corrected chi connectivity index (χ1v) is 11.2. The standard InChI is InChI=1S/C19H28N4O5S/c1-14-10-15(13-19(2,3)12-14)20-21-17-5-4-16(23(24)25)11-18(17)29(26,27)22-6-8-28-9-7-22/h4-5,11,14,21H,6-10,12-13H2,1-3H3/b20-15-/t14-/m1/s1. The Balaban J connectivity index is 1.94. The Morgan fingerprint density at radius 3 is 2.62 bits per heavy atom. The van der Waals surface area contributed by atoms with E-state index in [4.69, 9.17) is 4.74 Å². The number of nitrogens with one attached hydrogen (secondary N) is 1. The lowest BCUT2D eigenvalue weighted by Crippen LogP contribution is -2.40. The third-order valence-electron chi connectivity index (χ3n) is 5.27. The Hall–Kier alpha value is -2.04. The van der Waals surface area contributed by atoms with Crippen LogP contribution in [0.4, 0.5) is 11.4 Å². The van der Waals surface area contributed by atoms with E-state index in [9.17, 15) is 18.5 Å². The molecular weight excluding hydrogens is 396 g/mol. The van der Waals surface area contributed by atoms with Crippen molar-refractivity contribution in [3.8, 4) is 0 Å². The van der Waals surface area contributed by atoms with Crippen molar-refractivity contribution < 1.29 is 18.1 Å². The van der Waals surface area contributed by atoms with Crippen LogP contribution in [0.15, 0.2) is 28.2 Å². The van der Waals surface area contributed by atoms with Crippen molar-refractivity contribution in [2.75, 3.05) is 31.7 Å². The van der Waals surface area contributed by atoms with Crippen molar-refractivity contribution >= 4 is 27.1 Å². The van der Waals surface area contributed by atoms with Gasteiger partial charge in [0.25, 0.3) is 5.69 Å². The molecule has 10 heteroatoms. The number of ether oxygens (including phenoxy) is 1. The summed E-state index contributed by atoms with van der Waals surface area (Å²) < 4.78 is 32.8. The van der Waals surface area contributed by atoms with Crippen LogP contribution >= 0.6 is 0 Å². The van der Waals surface area contributed by atoms with Gasteiger partial charge in [0, 0.05) is 30.9 Å². The number of morpholine rings is 1. The highest BCUT2D eigenvalue weighted by molar-refractivity contribution is 7.89. The predicted octanol–water partition coefficient (Wildman–Crippen LogP) is 3.23. The molecule has 1 aromatic rings. The number of nitro groups is 1. The Bertz CT molecular complexity index is 907. The molecule has 0 aromatic heterocycles. The summed E-state index contributed by atoms with van der Waals surface area (Å²) in [6, 6.07) is 3.79. The quantitative estimate of drug-likeness (QED) is 0.573. The molecule has 1 N–H and O–H groups in total. The van der Waals surface area contributed by atoms with Crippen LogP contribution in [0.2, 0.25) is 0 Å². The molecule has 1 aliphatic carbocycles. The minimum Gasteiger partial charge on any atom is -0.379 e. The molecule has 0 spiro atoms. The van der Waals surface area contributed by atoms with E-state index >= 15 is 0 Å². The summed E-state index contributed by atoms with van der Waals surface area (Å²) in [5.41, 5.74) is 3.96. The van der Waals surface area contributed by atoms with Crippen molar-refractivity contribution in [1.82, 2.24) is 4.31 Å². The lowest BCUT2D eigenvalue weighted by Gasteiger charge is -2.34. The second-order valence-electron chi connectivity index (χ2n) is 8.60. The number of non-ortho nitro benzene ring substituents is 1. The summed E-state index contributed by atoms with van der Waals surface area (Å²) >= 11 is 0. The maximum atomic E-state index is 13.1. The minimum atomic E-state index is -3.92. The van der Waals surface area contributed by atoms with Crippen molar-refractivity contribution in [2.45, 2.75) is 44.9 Å². The molecule has 0 radical (unpaired) electrons. The maximum Gasteiger partial charge on any atom is 0.270 e. The summed E-state index contributed by atoms with van der Waals surface area (Å²) in [5, 5.41) is 15.7. The molecule has 2 aliphatic rings. The largest absolute Gasteiger partial charge is 0.379 e. The van der Waals surface area contributed by atoms with E-state index in [0.717, 1.165) is 31.0 Å². The zero-order valence-electron chi connectivity index (χ0n) is 17.1. The monoisotopic (exact) mass is 424 g/mol. The van der Waals surface area contributed by atoms with Crippen molar-refractivity contribution in [1.29, 1.82) is 0 Å². The average Bonchev–Trinajstić information content (AvgIpc) is 2.65. The number of hydrogen-bond donors (Lipinski definition) is 1. The van der Waals surface area contributed by atoms with Crippen LogP contribution in [0.3, 0.4) is 0 Å². The lowest BCUT2D eigenvalue weighted by atomic mass is 9.72. The summed E-state index contributed by atoms with van der Waals surface area (Å²) in [4.78, 5) is 10.5. The summed E-state index contributed by atoms with van der Waals surface area (Å²) in [6.07, 6.45) is 2.78. The van der Waals surface area contributed by atoms with E-state index in [1.807, 2.05) is 0 Å². The van der Waals surface area contributed by atoms with Crippen LogP contribution in [-0.4, -0.2) is 49.7 Å². The molecule has 1 aliphatic heterocycles. The van der Waals surface area contributed by atoms with Gasteiger partial charge in [0.05, 0.1) is 23.8 Å². The van der Waals surface area contributed by atoms with E-state index in [1.54, 1.807) is 0 Å². The Labute approximate surface area is 171 Å². The molecule has 3 rings (SSSR count). The molecular formula is C19H28N4O5S. The van der Waals surface area contributed by atoms with Gasteiger partial charge in [0.1, 0.15) is 4.90 Å². The van der Waals surface area contributed by atoms with Crippen LogP contribution in [-0.2, 0) is 14.8 Å². The molecule has 0 amide bonds. The first kappa shape index (κ1) is 21.7. The van der Waals surface area contributed by atoms with Crippen LogP contribution in [0.5, 0.6) is 0 Å². The van der Waals surface area contributed by atoms with Gasteiger partial charge >= 0.3 is 0 Å². The lowest BCUT2D eigenvalue weighted by molar-refractivity contribution is -0.385. The molecule has 1 aromatic carbocycles. The fourth-order valence-corrected chi connectivity index (χ4v) is 5.76. The first-order chi connectivity index (χ1) is 13.6. The van der Waals surface area contributed by atoms with Crippen molar-refractivity contribution in [2.24, 2.45) is 16.4 Å². The molecule has 9 nitrogen and oxygen atoms in total. The van der Waals surface area contributed by atoms with Crippen LogP contribution < -0.4 is 5.43 Å². The summed E-state index contributed by atoms with van der Waals surface area (Å²) in [5.74, 6) is 0.493. The molecule has 1 saturated carbocycles. The van der Waals surface area contributed by atoms with Crippen molar-refractivity contribution in [3.63, 3.8) is 0 Å². The Morgan fingerprint density at radius 1 is 1.31 bits per heavy atom. The zero-order valence-corrected chi connectivity index (χ0v) is 17.9. The second kappa shape index (κ2) is 8.37. The van der Waals surface area contributed by atoms with Crippen LogP contribution in [0.1, 0.15) is 40.0 Å². The van der Waals surface area contributed by atoms with E-state index < -0.39 is 14.9 Å². The number of benzene rings is 1. The van der Waals surface area contributed by atoms with E-state index in [-0.39, 0.29) is 34.8 Å². The van der Waals surface area contributed by atoms with E-state index in [0.29, 0.717) is 19.1 Å². The molecule has 160 valence electrons. The molecule has 0 bridgehead atoms. The summed E-state index contributed by atoms with van der Waals surface area (Å²) in [7, 11) is -3.92. The molecule has 1 atom stereocenters. The zero-order chi connectivity index (χ0) is 21.2. The van der Waals surface area contributed by atoms with Crippen molar-refractivity contribution in [3.05, 3.63) is 28.3 Å². The summed E-state index contributed by atoms with van der Waals surface area (Å²) in [6.45, 7) is 7.58. The van der Waals surface area contributed by atoms with Gasteiger partial charge in [0.15, 0.2) is 0 Å². The fraction of sp³-hybridized carbons (Fsp3) is 0.632. The number of nitrogens with zero attached hydrogens (tertiary/aromatic N) is 3. The van der Waals surface area contributed by atoms with Gasteiger partial charge < -0.3 is 4.74 Å². The van der Waals surface area contributed by atoms with Gasteiger partial charge in [-0.05, 0) is 36.7 Å². The topological polar surface area (TPSA) is 114 Å². The van der Waals surface area contributed by atoms with Gasteiger partial charge in [0.2, 0.25) is 10.0 Å². The molecule has 1 heterocycles. The molecule has 0 unspecified atom stereocenters. The smallest absolute Gasteiger partial charge is 0.270 e. The number of anilines is 1. The van der Waals surface area contributed by atoms with Gasteiger partial charge in [-0.3, -0.25) is 15.5 Å².